The lowest BCUT2D eigenvalue weighted by Gasteiger charge is -2.10. The summed E-state index contributed by atoms with van der Waals surface area (Å²) in [6.45, 7) is 1.30. The van der Waals surface area contributed by atoms with Crippen molar-refractivity contribution in [3.8, 4) is 23.0 Å². The molecular formula is C20H13F6N5O4S2. The van der Waals surface area contributed by atoms with Gasteiger partial charge in [0.15, 0.2) is 31.0 Å². The molecule has 37 heavy (non-hydrogen) atoms. The van der Waals surface area contributed by atoms with E-state index in [0.717, 1.165) is 36.7 Å². The first-order valence-electron chi connectivity index (χ1n) is 9.94. The molecule has 0 saturated carbocycles. The monoisotopic (exact) mass is 565 g/mol. The van der Waals surface area contributed by atoms with Gasteiger partial charge in [-0.3, -0.25) is 0 Å². The number of oxazole rings is 1. The first kappa shape index (κ1) is 26.5. The van der Waals surface area contributed by atoms with Crippen LogP contribution in [0.1, 0.15) is 12.6 Å². The molecule has 196 valence electrons. The van der Waals surface area contributed by atoms with Gasteiger partial charge in [-0.2, -0.15) is 26.3 Å². The molecule has 1 N–H and O–H groups in total. The van der Waals surface area contributed by atoms with Crippen LogP contribution in [-0.2, 0) is 25.7 Å². The van der Waals surface area contributed by atoms with Gasteiger partial charge in [-0.1, -0.05) is 6.92 Å². The minimum absolute atomic E-state index is 0.122. The average molecular weight is 565 g/mol. The zero-order valence-electron chi connectivity index (χ0n) is 18.3. The van der Waals surface area contributed by atoms with Crippen LogP contribution in [0.3, 0.4) is 0 Å². The number of sulfone groups is 1. The number of rotatable bonds is 5. The maximum Gasteiger partial charge on any atom is 0.483 e. The number of hydrogen-bond acceptors (Lipinski definition) is 9. The van der Waals surface area contributed by atoms with Crippen molar-refractivity contribution in [2.24, 2.45) is 0 Å². The van der Waals surface area contributed by atoms with E-state index in [4.69, 9.17) is 9.20 Å². The summed E-state index contributed by atoms with van der Waals surface area (Å²) >= 11 is 0. The lowest BCUT2D eigenvalue weighted by molar-refractivity contribution is -0.141. The minimum atomic E-state index is -5.35. The van der Waals surface area contributed by atoms with Crippen LogP contribution in [0.5, 0.6) is 0 Å². The van der Waals surface area contributed by atoms with Crippen LogP contribution < -0.4 is 0 Å². The molecule has 1 atom stereocenters. The van der Waals surface area contributed by atoms with Gasteiger partial charge < -0.3 is 4.42 Å². The zero-order valence-corrected chi connectivity index (χ0v) is 19.9. The molecule has 4 aromatic rings. The van der Waals surface area contributed by atoms with E-state index in [0.29, 0.717) is 6.07 Å². The summed E-state index contributed by atoms with van der Waals surface area (Å²) in [7, 11) is -9.30. The molecule has 0 amide bonds. The summed E-state index contributed by atoms with van der Waals surface area (Å²) < 4.78 is 128. The van der Waals surface area contributed by atoms with E-state index in [-0.39, 0.29) is 22.4 Å². The smallest absolute Gasteiger partial charge is 0.435 e. The lowest BCUT2D eigenvalue weighted by atomic mass is 10.2. The third-order valence-electron chi connectivity index (χ3n) is 4.99. The number of benzene rings is 1. The molecule has 0 spiro atoms. The fourth-order valence-corrected chi connectivity index (χ4v) is 4.95. The Bertz CT molecular complexity index is 1730. The highest BCUT2D eigenvalue weighted by Crippen LogP contribution is 2.35. The third kappa shape index (κ3) is 4.87. The van der Waals surface area contributed by atoms with Crippen LogP contribution in [0.4, 0.5) is 26.3 Å². The second kappa shape index (κ2) is 8.76. The Morgan fingerprint density at radius 2 is 1.68 bits per heavy atom. The van der Waals surface area contributed by atoms with Crippen molar-refractivity contribution < 1.29 is 43.4 Å². The second-order valence-electron chi connectivity index (χ2n) is 7.39. The summed E-state index contributed by atoms with van der Waals surface area (Å²) in [5.41, 5.74) is -7.54. The van der Waals surface area contributed by atoms with Crippen molar-refractivity contribution >= 4 is 30.7 Å². The van der Waals surface area contributed by atoms with Gasteiger partial charge in [-0.15, -0.1) is 0 Å². The van der Waals surface area contributed by atoms with Gasteiger partial charge in [0.1, 0.15) is 16.9 Å². The van der Waals surface area contributed by atoms with E-state index < -0.39 is 64.2 Å². The standard InChI is InChI=1S/C20H13F6N5O4S2/c1-2-36(32,33)14-7-10(17-28-6-5-15(31-17)19(21,22)23)9-29-16(14)18-30-12-8-11(3-4-13(12)35-18)37(27,34)20(24,25)26/h3-9,27H,2H2,1H3. The molecule has 0 aliphatic carbocycles. The predicted molar refractivity (Wildman–Crippen MR) is 116 cm³/mol. The predicted octanol–water partition coefficient (Wildman–Crippen LogP) is 5.08. The molecule has 1 unspecified atom stereocenters. The molecule has 0 fully saturated rings. The molecule has 0 saturated heterocycles. The molecule has 0 radical (unpaired) electrons. The Hall–Kier alpha value is -3.60. The van der Waals surface area contributed by atoms with Crippen LogP contribution in [-0.4, -0.2) is 43.8 Å². The third-order valence-corrected chi connectivity index (χ3v) is 8.30. The Balaban J connectivity index is 1.87. The van der Waals surface area contributed by atoms with Crippen molar-refractivity contribution in [1.82, 2.24) is 19.9 Å². The quantitative estimate of drug-likeness (QED) is 0.330. The number of hydrogen-bond donors (Lipinski definition) is 1. The lowest BCUT2D eigenvalue weighted by Crippen LogP contribution is -2.21. The van der Waals surface area contributed by atoms with Crippen molar-refractivity contribution in [3.05, 3.63) is 48.4 Å². The van der Waals surface area contributed by atoms with E-state index in [1.165, 1.54) is 6.92 Å². The second-order valence-corrected chi connectivity index (χ2v) is 11.7. The number of nitrogens with zero attached hydrogens (tertiary/aromatic N) is 4. The molecule has 0 aliphatic rings. The van der Waals surface area contributed by atoms with E-state index in [2.05, 4.69) is 19.9 Å². The molecule has 0 bridgehead atoms. The van der Waals surface area contributed by atoms with Gasteiger partial charge in [0, 0.05) is 18.0 Å². The molecule has 3 heterocycles. The van der Waals surface area contributed by atoms with E-state index in [9.17, 15) is 39.0 Å². The summed E-state index contributed by atoms with van der Waals surface area (Å²) in [5.74, 6) is -1.36. The van der Waals surface area contributed by atoms with Crippen LogP contribution in [0.25, 0.3) is 34.1 Å². The molecular weight excluding hydrogens is 552 g/mol. The molecule has 17 heteroatoms. The van der Waals surface area contributed by atoms with E-state index >= 15 is 0 Å². The highest BCUT2D eigenvalue weighted by molar-refractivity contribution is 7.93. The SMILES string of the molecule is CCS(=O)(=O)c1cc(-c2nccc(C(F)(F)F)n2)cnc1-c1nc2cc(S(=N)(=O)C(F)(F)F)ccc2o1. The fourth-order valence-electron chi connectivity index (χ4n) is 3.10. The molecule has 9 nitrogen and oxygen atoms in total. The summed E-state index contributed by atoms with van der Waals surface area (Å²) in [4.78, 5) is 13.7. The van der Waals surface area contributed by atoms with Gasteiger partial charge in [0.2, 0.25) is 5.89 Å². The number of alkyl halides is 6. The van der Waals surface area contributed by atoms with Crippen molar-refractivity contribution in [2.75, 3.05) is 5.75 Å². The largest absolute Gasteiger partial charge is 0.483 e. The average Bonchev–Trinajstić information content (AvgIpc) is 3.26. The number of aromatic nitrogens is 4. The Labute approximate surface area is 204 Å². The molecule has 3 aromatic heterocycles. The summed E-state index contributed by atoms with van der Waals surface area (Å²) in [6, 6.07) is 4.10. The minimum Gasteiger partial charge on any atom is -0.435 e. The van der Waals surface area contributed by atoms with Crippen molar-refractivity contribution in [2.45, 2.75) is 28.4 Å². The fraction of sp³-hybridized carbons (Fsp3) is 0.200. The van der Waals surface area contributed by atoms with E-state index in [1.807, 2.05) is 0 Å². The number of pyridine rings is 1. The van der Waals surface area contributed by atoms with Crippen LogP contribution in [0.15, 0.2) is 56.9 Å². The summed E-state index contributed by atoms with van der Waals surface area (Å²) in [5, 5.41) is 0. The van der Waals surface area contributed by atoms with Crippen LogP contribution in [0.2, 0.25) is 0 Å². The normalized spacial score (nSPS) is 14.6. The zero-order chi connectivity index (χ0) is 27.4. The highest BCUT2D eigenvalue weighted by atomic mass is 32.2. The van der Waals surface area contributed by atoms with Crippen LogP contribution >= 0.6 is 0 Å². The van der Waals surface area contributed by atoms with Gasteiger partial charge in [0.25, 0.3) is 0 Å². The molecule has 1 aromatic carbocycles. The highest BCUT2D eigenvalue weighted by Gasteiger charge is 2.43. The first-order chi connectivity index (χ1) is 17.0. The van der Waals surface area contributed by atoms with E-state index in [1.54, 1.807) is 0 Å². The Morgan fingerprint density at radius 3 is 2.30 bits per heavy atom. The van der Waals surface area contributed by atoms with Gasteiger partial charge >= 0.3 is 11.7 Å². The summed E-state index contributed by atoms with van der Waals surface area (Å²) in [6.07, 6.45) is -2.95. The van der Waals surface area contributed by atoms with Gasteiger partial charge in [-0.05, 0) is 30.3 Å². The maximum absolute atomic E-state index is 13.0. The number of fused-ring (bicyclic) bond motifs is 1. The number of halogens is 6. The molecule has 4 rings (SSSR count). The van der Waals surface area contributed by atoms with Gasteiger partial charge in [0.05, 0.1) is 15.5 Å². The Morgan fingerprint density at radius 1 is 0.973 bits per heavy atom. The van der Waals surface area contributed by atoms with Crippen molar-refractivity contribution in [3.63, 3.8) is 0 Å². The topological polar surface area (TPSA) is 140 Å². The number of nitrogens with one attached hydrogen (secondary N) is 1. The maximum atomic E-state index is 13.0. The van der Waals surface area contributed by atoms with Gasteiger partial charge in [-0.25, -0.2) is 37.3 Å². The first-order valence-corrected chi connectivity index (χ1v) is 13.1. The molecule has 0 aliphatic heterocycles. The van der Waals surface area contributed by atoms with Crippen molar-refractivity contribution in [1.29, 1.82) is 4.78 Å². The Kier molecular flexibility index (Phi) is 6.26. The van der Waals surface area contributed by atoms with Crippen LogP contribution in [0, 0.1) is 4.78 Å².